The molecule has 3 aromatic rings. The number of rotatable bonds is 6. The van der Waals surface area contributed by atoms with Crippen molar-refractivity contribution >= 4 is 47.6 Å². The molecular formula is C36H41N5O5. The number of nitrogens with one attached hydrogen (secondary N) is 4. The van der Waals surface area contributed by atoms with Crippen molar-refractivity contribution < 1.29 is 23.9 Å². The van der Waals surface area contributed by atoms with E-state index in [1.165, 1.54) is 14.2 Å². The van der Waals surface area contributed by atoms with Gasteiger partial charge in [0.25, 0.3) is 0 Å². The van der Waals surface area contributed by atoms with Crippen LogP contribution in [0.4, 0.5) is 0 Å². The Morgan fingerprint density at radius 3 is 2.33 bits per heavy atom. The molecule has 6 N–H and O–H groups in total. The van der Waals surface area contributed by atoms with Gasteiger partial charge in [0.1, 0.15) is 0 Å². The van der Waals surface area contributed by atoms with Crippen LogP contribution in [0.25, 0.3) is 29.9 Å². The van der Waals surface area contributed by atoms with Crippen LogP contribution in [-0.4, -0.2) is 52.4 Å². The van der Waals surface area contributed by atoms with Crippen molar-refractivity contribution in [2.24, 2.45) is 17.6 Å². The van der Waals surface area contributed by atoms with E-state index >= 15 is 0 Å². The Morgan fingerprint density at radius 1 is 0.978 bits per heavy atom. The zero-order valence-corrected chi connectivity index (χ0v) is 27.4. The molecule has 0 amide bonds. The summed E-state index contributed by atoms with van der Waals surface area (Å²) in [4.78, 5) is 50.8. The molecule has 0 unspecified atom stereocenters. The van der Waals surface area contributed by atoms with E-state index in [4.69, 9.17) is 15.2 Å². The molecule has 240 valence electrons. The number of carbonyl (C=O) groups is 3. The second-order valence-corrected chi connectivity index (χ2v) is 12.5. The zero-order chi connectivity index (χ0) is 33.2. The molecule has 46 heavy (non-hydrogen) atoms. The fourth-order valence-electron chi connectivity index (χ4n) is 7.47. The average Bonchev–Trinajstić information content (AvgIpc) is 3.76. The van der Waals surface area contributed by atoms with Crippen molar-refractivity contribution in [3.63, 3.8) is 0 Å². The summed E-state index contributed by atoms with van der Waals surface area (Å²) in [7, 11) is 2.59. The molecule has 5 heterocycles. The Bertz CT molecular complexity index is 2030. The normalized spacial score (nSPS) is 25.6. The average molecular weight is 624 g/mol. The highest BCUT2D eigenvalue weighted by Gasteiger charge is 2.58. The zero-order valence-electron chi connectivity index (χ0n) is 27.4. The summed E-state index contributed by atoms with van der Waals surface area (Å²) < 4.78 is 10.1. The van der Waals surface area contributed by atoms with Gasteiger partial charge in [-0.2, -0.15) is 0 Å². The van der Waals surface area contributed by atoms with Crippen LogP contribution in [0.2, 0.25) is 0 Å². The molecule has 3 atom stereocenters. The van der Waals surface area contributed by atoms with Crippen LogP contribution in [0.15, 0.2) is 18.0 Å². The lowest BCUT2D eigenvalue weighted by atomic mass is 9.82. The Kier molecular flexibility index (Phi) is 7.59. The second kappa shape index (κ2) is 11.2. The number of aromatic nitrogens is 3. The standard InChI is InChI=1S/C36H41N5O5/c1-9-20-16(3)23-13-25-18(5)22(11-12-29(42)45-7)32(40-25)31-33-30(34(43)36(31,37)35(44)46-8)19(6)26(41-33)15-28-21(10-2)17(4)24(39-28)14-27(20)38-23/h9,13-15,18,22,38-41H,1,10-12,37H2,2-8H3/b24-14-,25-13-,28-15-,32-31+/t18-,22-,36-/m0/s1. The lowest BCUT2D eigenvalue weighted by molar-refractivity contribution is -0.143. The number of allylic oxidation sites excluding steroid dienone is 2. The maximum atomic E-state index is 14.3. The van der Waals surface area contributed by atoms with Crippen LogP contribution in [0.3, 0.4) is 0 Å². The number of hydrogen-bond acceptors (Lipinski definition) is 7. The van der Waals surface area contributed by atoms with Crippen LogP contribution >= 0.6 is 0 Å². The van der Waals surface area contributed by atoms with Crippen LogP contribution in [-0.2, 0) is 25.5 Å². The van der Waals surface area contributed by atoms with Gasteiger partial charge in [-0.3, -0.25) is 9.59 Å². The first kappa shape index (κ1) is 31.2. The van der Waals surface area contributed by atoms with Crippen molar-refractivity contribution in [3.8, 4) is 0 Å². The summed E-state index contributed by atoms with van der Waals surface area (Å²) in [6.07, 6.45) is 9.37. The molecule has 6 rings (SSSR count). The van der Waals surface area contributed by atoms with E-state index in [1.807, 2.05) is 32.1 Å². The minimum Gasteiger partial charge on any atom is -0.469 e. The van der Waals surface area contributed by atoms with Crippen LogP contribution in [0, 0.1) is 32.6 Å². The summed E-state index contributed by atoms with van der Waals surface area (Å²) in [6.45, 7) is 14.3. The predicted octanol–water partition coefficient (Wildman–Crippen LogP) is 3.40. The number of ketones is 1. The monoisotopic (exact) mass is 623 g/mol. The molecule has 1 fully saturated rings. The van der Waals surface area contributed by atoms with E-state index < -0.39 is 17.3 Å². The molecule has 8 bridgehead atoms. The third-order valence-electron chi connectivity index (χ3n) is 10.2. The number of nitrogens with two attached hydrogens (primary N) is 1. The largest absolute Gasteiger partial charge is 0.469 e. The molecule has 0 aromatic carbocycles. The third kappa shape index (κ3) is 4.38. The molecule has 3 aliphatic rings. The SMILES string of the molecule is C=Cc1c2[nH]c(c1C)/C=C1\N/C(=C3\c4[nH]c(c(C)c4C(=O)[C@]3(N)C(=O)OC)/C=c3\[nH]/c(c(C)c3CC)=C\2)[C@@H](CCC(=O)OC)[C@@H]1C. The summed E-state index contributed by atoms with van der Waals surface area (Å²) in [5, 5.41) is 5.46. The van der Waals surface area contributed by atoms with Gasteiger partial charge in [-0.25, -0.2) is 4.79 Å². The van der Waals surface area contributed by atoms with Crippen molar-refractivity contribution in [1.29, 1.82) is 0 Å². The fourth-order valence-corrected chi connectivity index (χ4v) is 7.47. The number of methoxy groups -OCH3 is 2. The van der Waals surface area contributed by atoms with Gasteiger partial charge in [-0.15, -0.1) is 0 Å². The molecule has 1 saturated heterocycles. The van der Waals surface area contributed by atoms with E-state index in [2.05, 4.69) is 53.7 Å². The van der Waals surface area contributed by atoms with Gasteiger partial charge in [-0.05, 0) is 74.1 Å². The molecule has 2 aliphatic heterocycles. The number of carbonyl (C=O) groups excluding carboxylic acids is 3. The highest BCUT2D eigenvalue weighted by Crippen LogP contribution is 2.49. The number of hydrogen-bond donors (Lipinski definition) is 5. The fraction of sp³-hybridized carbons (Fsp3) is 0.361. The maximum Gasteiger partial charge on any atom is 0.338 e. The topological polar surface area (TPSA) is 155 Å². The summed E-state index contributed by atoms with van der Waals surface area (Å²) >= 11 is 0. The summed E-state index contributed by atoms with van der Waals surface area (Å²) in [6, 6.07) is 0. The first-order valence-corrected chi connectivity index (χ1v) is 15.6. The minimum absolute atomic E-state index is 0.131. The Labute approximate surface area is 267 Å². The molecule has 1 aliphatic carbocycles. The van der Waals surface area contributed by atoms with Gasteiger partial charge in [0.2, 0.25) is 11.3 Å². The predicted molar refractivity (Wildman–Crippen MR) is 178 cm³/mol. The highest BCUT2D eigenvalue weighted by atomic mass is 16.5. The lowest BCUT2D eigenvalue weighted by Gasteiger charge is -2.26. The molecule has 10 nitrogen and oxygen atoms in total. The number of aromatic amines is 3. The van der Waals surface area contributed by atoms with Crippen molar-refractivity contribution in [3.05, 3.63) is 84.8 Å². The number of fused-ring (bicyclic) bond motifs is 7. The molecule has 0 spiro atoms. The second-order valence-electron chi connectivity index (χ2n) is 12.5. The Hall–Kier alpha value is -4.83. The van der Waals surface area contributed by atoms with Gasteiger partial charge in [-0.1, -0.05) is 26.5 Å². The summed E-state index contributed by atoms with van der Waals surface area (Å²) in [5.74, 6) is -2.15. The van der Waals surface area contributed by atoms with Gasteiger partial charge in [0, 0.05) is 74.1 Å². The Morgan fingerprint density at radius 2 is 1.67 bits per heavy atom. The van der Waals surface area contributed by atoms with Gasteiger partial charge >= 0.3 is 11.9 Å². The van der Waals surface area contributed by atoms with E-state index in [0.29, 0.717) is 34.5 Å². The van der Waals surface area contributed by atoms with Crippen LogP contribution in [0.5, 0.6) is 0 Å². The molecule has 10 heteroatoms. The first-order valence-electron chi connectivity index (χ1n) is 15.6. The van der Waals surface area contributed by atoms with Gasteiger partial charge < -0.3 is 35.5 Å². The van der Waals surface area contributed by atoms with Gasteiger partial charge in [0.05, 0.1) is 19.9 Å². The minimum atomic E-state index is -2.09. The van der Waals surface area contributed by atoms with Crippen molar-refractivity contribution in [2.45, 2.75) is 59.4 Å². The molecular weight excluding hydrogens is 582 g/mol. The Balaban J connectivity index is 1.75. The van der Waals surface area contributed by atoms with Crippen LogP contribution < -0.4 is 21.7 Å². The highest BCUT2D eigenvalue weighted by molar-refractivity contribution is 6.32. The quantitative estimate of drug-likeness (QED) is 0.208. The number of esters is 2. The van der Waals surface area contributed by atoms with Crippen molar-refractivity contribution in [1.82, 2.24) is 20.3 Å². The van der Waals surface area contributed by atoms with E-state index in [9.17, 15) is 14.4 Å². The van der Waals surface area contributed by atoms with Crippen molar-refractivity contribution in [2.75, 3.05) is 14.2 Å². The third-order valence-corrected chi connectivity index (χ3v) is 10.2. The number of ether oxygens (including phenoxy) is 2. The maximum absolute atomic E-state index is 14.3. The lowest BCUT2D eigenvalue weighted by Crippen LogP contribution is -2.54. The smallest absolute Gasteiger partial charge is 0.338 e. The molecule has 0 radical (unpaired) electrons. The first-order chi connectivity index (χ1) is 21.9. The molecule has 0 saturated carbocycles. The van der Waals surface area contributed by atoms with E-state index in [0.717, 1.165) is 62.2 Å². The number of H-pyrrole nitrogens is 3. The van der Waals surface area contributed by atoms with Crippen LogP contribution in [0.1, 0.15) is 87.6 Å². The number of Topliss-reactive ketones (excluding diaryl/α,β-unsaturated/α-hetero) is 1. The summed E-state index contributed by atoms with van der Waals surface area (Å²) in [5.41, 5.74) is 14.9. The van der Waals surface area contributed by atoms with Gasteiger partial charge in [0.15, 0.2) is 0 Å². The van der Waals surface area contributed by atoms with E-state index in [1.54, 1.807) is 0 Å². The van der Waals surface area contributed by atoms with E-state index in [-0.39, 0.29) is 24.2 Å². The molecule has 3 aromatic heterocycles.